The van der Waals surface area contributed by atoms with Crippen LogP contribution in [0.3, 0.4) is 0 Å². The molecular formula is C25H21NOS. The van der Waals surface area contributed by atoms with Crippen LogP contribution in [0, 0.1) is 0 Å². The Bertz CT molecular complexity index is 923. The molecule has 1 aromatic heterocycles. The Morgan fingerprint density at radius 3 is 1.57 bits per heavy atom. The highest BCUT2D eigenvalue weighted by atomic mass is 32.2. The van der Waals surface area contributed by atoms with Crippen LogP contribution in [0.25, 0.3) is 0 Å². The average molecular weight is 384 g/mol. The third kappa shape index (κ3) is 3.47. The molecule has 3 heteroatoms. The van der Waals surface area contributed by atoms with Gasteiger partial charge in [-0.1, -0.05) is 91.0 Å². The number of hydrogen-bond donors (Lipinski definition) is 1. The van der Waals surface area contributed by atoms with Crippen LogP contribution in [0.4, 0.5) is 0 Å². The molecule has 0 aliphatic carbocycles. The molecule has 138 valence electrons. The maximum atomic E-state index is 9.89. The molecule has 1 heterocycles. The van der Waals surface area contributed by atoms with Gasteiger partial charge in [-0.3, -0.25) is 4.98 Å². The molecule has 0 aliphatic heterocycles. The molecule has 4 aromatic rings. The van der Waals surface area contributed by atoms with E-state index in [1.165, 1.54) is 16.7 Å². The molecule has 1 N–H and O–H groups in total. The number of nitrogens with zero attached hydrogens (tertiary/aromatic N) is 1. The molecule has 0 aliphatic rings. The van der Waals surface area contributed by atoms with Gasteiger partial charge >= 0.3 is 0 Å². The molecule has 0 saturated carbocycles. The van der Waals surface area contributed by atoms with Gasteiger partial charge in [-0.15, -0.1) is 11.8 Å². The molecule has 0 bridgehead atoms. The van der Waals surface area contributed by atoms with Crippen LogP contribution in [-0.4, -0.2) is 10.1 Å². The summed E-state index contributed by atoms with van der Waals surface area (Å²) in [4.78, 5) is 5.30. The predicted molar refractivity (Wildman–Crippen MR) is 115 cm³/mol. The second kappa shape index (κ2) is 8.42. The van der Waals surface area contributed by atoms with Crippen LogP contribution in [0.15, 0.2) is 114 Å². The topological polar surface area (TPSA) is 33.1 Å². The Labute approximate surface area is 169 Å². The summed E-state index contributed by atoms with van der Waals surface area (Å²) in [6, 6.07) is 33.5. The van der Waals surface area contributed by atoms with E-state index in [9.17, 15) is 5.11 Å². The Hall–Kier alpha value is -2.88. The number of thioether (sulfide) groups is 1. The number of rotatable bonds is 6. The highest BCUT2D eigenvalue weighted by Gasteiger charge is 2.38. The van der Waals surface area contributed by atoms with Crippen LogP contribution in [-0.2, 0) is 11.4 Å². The number of aromatic nitrogens is 1. The minimum atomic E-state index is -0.462. The highest BCUT2D eigenvalue weighted by molar-refractivity contribution is 8.00. The minimum Gasteiger partial charge on any atom is -0.392 e. The fourth-order valence-electron chi connectivity index (χ4n) is 3.49. The molecule has 3 aromatic carbocycles. The van der Waals surface area contributed by atoms with Crippen molar-refractivity contribution in [3.8, 4) is 0 Å². The first-order chi connectivity index (χ1) is 13.8. The zero-order valence-electron chi connectivity index (χ0n) is 15.4. The average Bonchev–Trinajstić information content (AvgIpc) is 2.79. The Morgan fingerprint density at radius 2 is 1.14 bits per heavy atom. The quantitative estimate of drug-likeness (QED) is 0.345. The second-order valence-corrected chi connectivity index (χ2v) is 7.78. The molecule has 0 amide bonds. The van der Waals surface area contributed by atoms with E-state index >= 15 is 0 Å². The van der Waals surface area contributed by atoms with Crippen molar-refractivity contribution in [1.29, 1.82) is 0 Å². The lowest BCUT2D eigenvalue weighted by molar-refractivity contribution is 0.278. The summed E-state index contributed by atoms with van der Waals surface area (Å²) < 4.78 is -0.462. The van der Waals surface area contributed by atoms with E-state index in [1.54, 1.807) is 18.0 Å². The fourth-order valence-corrected chi connectivity index (χ4v) is 4.96. The first-order valence-corrected chi connectivity index (χ1v) is 10.1. The van der Waals surface area contributed by atoms with Gasteiger partial charge in [-0.2, -0.15) is 0 Å². The number of benzene rings is 3. The van der Waals surface area contributed by atoms with Crippen molar-refractivity contribution >= 4 is 11.8 Å². The van der Waals surface area contributed by atoms with Crippen LogP contribution in [0.5, 0.6) is 0 Å². The van der Waals surface area contributed by atoms with Crippen molar-refractivity contribution in [2.75, 3.05) is 0 Å². The summed E-state index contributed by atoms with van der Waals surface area (Å²) >= 11 is 1.72. The van der Waals surface area contributed by atoms with Gasteiger partial charge in [0, 0.05) is 17.3 Å². The third-order valence-electron chi connectivity index (χ3n) is 4.84. The SMILES string of the molecule is OCc1ccncc1SC(c1ccccc1)(c1ccccc1)c1ccccc1. The van der Waals surface area contributed by atoms with Gasteiger partial charge in [0.1, 0.15) is 0 Å². The van der Waals surface area contributed by atoms with E-state index in [1.807, 2.05) is 30.5 Å². The summed E-state index contributed by atoms with van der Waals surface area (Å²) in [5.41, 5.74) is 4.44. The predicted octanol–water partition coefficient (Wildman–Crippen LogP) is 5.66. The Morgan fingerprint density at radius 1 is 0.679 bits per heavy atom. The zero-order chi connectivity index (χ0) is 19.2. The maximum absolute atomic E-state index is 9.89. The standard InChI is InChI=1S/C25H21NOS/c27-19-20-16-17-26-18-24(20)28-25(21-10-4-1-5-11-21,22-12-6-2-7-13-22)23-14-8-3-9-15-23/h1-18,27H,19H2. The van der Waals surface area contributed by atoms with E-state index in [0.29, 0.717) is 0 Å². The van der Waals surface area contributed by atoms with E-state index in [0.717, 1.165) is 10.5 Å². The summed E-state index contributed by atoms with van der Waals surface area (Å²) in [6.07, 6.45) is 3.57. The van der Waals surface area contributed by atoms with Gasteiger partial charge in [-0.05, 0) is 28.3 Å². The van der Waals surface area contributed by atoms with Crippen LogP contribution in [0.2, 0.25) is 0 Å². The molecule has 4 rings (SSSR count). The highest BCUT2D eigenvalue weighted by Crippen LogP contribution is 2.52. The van der Waals surface area contributed by atoms with Crippen molar-refractivity contribution < 1.29 is 5.11 Å². The number of hydrogen-bond acceptors (Lipinski definition) is 3. The number of pyridine rings is 1. The second-order valence-electron chi connectivity index (χ2n) is 6.52. The molecular weight excluding hydrogens is 362 g/mol. The molecule has 0 saturated heterocycles. The molecule has 0 spiro atoms. The van der Waals surface area contributed by atoms with E-state index in [2.05, 4.69) is 77.8 Å². The third-order valence-corrected chi connectivity index (χ3v) is 6.45. The van der Waals surface area contributed by atoms with E-state index in [4.69, 9.17) is 0 Å². The first kappa shape index (κ1) is 18.5. The molecule has 0 unspecified atom stereocenters. The van der Waals surface area contributed by atoms with Gasteiger partial charge in [0.05, 0.1) is 11.4 Å². The van der Waals surface area contributed by atoms with Crippen molar-refractivity contribution in [1.82, 2.24) is 4.98 Å². The molecule has 2 nitrogen and oxygen atoms in total. The van der Waals surface area contributed by atoms with Crippen molar-refractivity contribution in [2.45, 2.75) is 16.2 Å². The van der Waals surface area contributed by atoms with Crippen molar-refractivity contribution in [3.63, 3.8) is 0 Å². The summed E-state index contributed by atoms with van der Waals surface area (Å²) in [5.74, 6) is 0. The Kier molecular flexibility index (Phi) is 5.56. The maximum Gasteiger partial charge on any atom is 0.0954 e. The van der Waals surface area contributed by atoms with E-state index in [-0.39, 0.29) is 6.61 Å². The van der Waals surface area contributed by atoms with Crippen molar-refractivity contribution in [3.05, 3.63) is 132 Å². The molecule has 28 heavy (non-hydrogen) atoms. The summed E-state index contributed by atoms with van der Waals surface area (Å²) in [7, 11) is 0. The van der Waals surface area contributed by atoms with Gasteiger partial charge < -0.3 is 5.11 Å². The van der Waals surface area contributed by atoms with Gasteiger partial charge in [0.2, 0.25) is 0 Å². The van der Waals surface area contributed by atoms with Crippen LogP contribution < -0.4 is 0 Å². The first-order valence-electron chi connectivity index (χ1n) is 9.24. The van der Waals surface area contributed by atoms with Gasteiger partial charge in [0.25, 0.3) is 0 Å². The van der Waals surface area contributed by atoms with Crippen LogP contribution >= 0.6 is 11.8 Å². The number of aliphatic hydroxyl groups is 1. The fraction of sp³-hybridized carbons (Fsp3) is 0.0800. The smallest absolute Gasteiger partial charge is 0.0954 e. The van der Waals surface area contributed by atoms with Crippen LogP contribution in [0.1, 0.15) is 22.3 Å². The summed E-state index contributed by atoms with van der Waals surface area (Å²) in [5, 5.41) is 9.89. The molecule has 0 radical (unpaired) electrons. The summed E-state index contributed by atoms with van der Waals surface area (Å²) in [6.45, 7) is -0.0146. The largest absolute Gasteiger partial charge is 0.392 e. The van der Waals surface area contributed by atoms with Gasteiger partial charge in [0.15, 0.2) is 0 Å². The van der Waals surface area contributed by atoms with Crippen molar-refractivity contribution in [2.24, 2.45) is 0 Å². The lowest BCUT2D eigenvalue weighted by atomic mass is 9.84. The molecule has 0 fully saturated rings. The molecule has 0 atom stereocenters. The number of aliphatic hydroxyl groups excluding tert-OH is 1. The lowest BCUT2D eigenvalue weighted by Gasteiger charge is -2.35. The minimum absolute atomic E-state index is 0.0146. The Balaban J connectivity index is 2.01. The lowest BCUT2D eigenvalue weighted by Crippen LogP contribution is -2.25. The van der Waals surface area contributed by atoms with E-state index < -0.39 is 4.75 Å². The normalized spacial score (nSPS) is 11.3. The van der Waals surface area contributed by atoms with Gasteiger partial charge in [-0.25, -0.2) is 0 Å². The zero-order valence-corrected chi connectivity index (χ0v) is 16.2. The monoisotopic (exact) mass is 383 g/mol.